The van der Waals surface area contributed by atoms with E-state index in [1.807, 2.05) is 31.2 Å². The van der Waals surface area contributed by atoms with Gasteiger partial charge in [0.2, 0.25) is 0 Å². The maximum atomic E-state index is 10.3. The summed E-state index contributed by atoms with van der Waals surface area (Å²) in [4.78, 5) is 4.73. The van der Waals surface area contributed by atoms with Gasteiger partial charge >= 0.3 is 0 Å². The molecule has 134 valence electrons. The highest BCUT2D eigenvalue weighted by Crippen LogP contribution is 2.18. The third kappa shape index (κ3) is 5.21. The zero-order chi connectivity index (χ0) is 17.6. The molecule has 25 heavy (non-hydrogen) atoms. The highest BCUT2D eigenvalue weighted by molar-refractivity contribution is 5.48. The number of hydrogen-bond acceptors (Lipinski definition) is 4. The number of rotatable bonds is 6. The molecule has 1 unspecified atom stereocenters. The van der Waals surface area contributed by atoms with Gasteiger partial charge in [0.1, 0.15) is 18.5 Å². The number of aryl methyl sites for hydroxylation is 2. The van der Waals surface area contributed by atoms with Crippen LogP contribution in [0, 0.1) is 13.8 Å². The van der Waals surface area contributed by atoms with Crippen LogP contribution in [0.3, 0.4) is 0 Å². The molecule has 2 aromatic rings. The number of β-amino-alcohol motifs (C(OH)–C–C–N with tert-alkyl or cyclic N) is 1. The van der Waals surface area contributed by atoms with Crippen LogP contribution >= 0.6 is 0 Å². The highest BCUT2D eigenvalue weighted by Gasteiger charge is 2.19. The van der Waals surface area contributed by atoms with E-state index in [0.717, 1.165) is 31.9 Å². The minimum atomic E-state index is -0.467. The SMILES string of the molecule is Cc1cccc(OCC(O)CN2CCN(c3cccc(C)c3)CC2)c1. The molecule has 1 aliphatic heterocycles. The van der Waals surface area contributed by atoms with E-state index < -0.39 is 6.10 Å². The largest absolute Gasteiger partial charge is 0.491 e. The molecule has 1 heterocycles. The van der Waals surface area contributed by atoms with Crippen molar-refractivity contribution >= 4 is 5.69 Å². The van der Waals surface area contributed by atoms with Gasteiger partial charge in [0.25, 0.3) is 0 Å². The zero-order valence-corrected chi connectivity index (χ0v) is 15.2. The van der Waals surface area contributed by atoms with Crippen molar-refractivity contribution in [3.05, 3.63) is 59.7 Å². The van der Waals surface area contributed by atoms with Crippen molar-refractivity contribution < 1.29 is 9.84 Å². The second-order valence-electron chi connectivity index (χ2n) is 6.91. The van der Waals surface area contributed by atoms with Gasteiger partial charge in [-0.05, 0) is 49.2 Å². The predicted octanol–water partition coefficient (Wildman–Crippen LogP) is 2.87. The van der Waals surface area contributed by atoms with Gasteiger partial charge < -0.3 is 14.7 Å². The average molecular weight is 340 g/mol. The molecule has 1 saturated heterocycles. The Balaban J connectivity index is 1.42. The summed E-state index contributed by atoms with van der Waals surface area (Å²) >= 11 is 0. The van der Waals surface area contributed by atoms with Crippen LogP contribution in [0.1, 0.15) is 11.1 Å². The van der Waals surface area contributed by atoms with Crippen molar-refractivity contribution in [2.45, 2.75) is 20.0 Å². The summed E-state index contributed by atoms with van der Waals surface area (Å²) in [5.41, 5.74) is 3.76. The van der Waals surface area contributed by atoms with Gasteiger partial charge in [-0.25, -0.2) is 0 Å². The Hall–Kier alpha value is -2.04. The number of nitrogens with zero attached hydrogens (tertiary/aromatic N) is 2. The molecule has 0 aromatic heterocycles. The first-order valence-electron chi connectivity index (χ1n) is 9.01. The van der Waals surface area contributed by atoms with E-state index in [4.69, 9.17) is 4.74 Å². The zero-order valence-electron chi connectivity index (χ0n) is 15.2. The third-order valence-electron chi connectivity index (χ3n) is 4.64. The summed E-state index contributed by atoms with van der Waals surface area (Å²) in [7, 11) is 0. The van der Waals surface area contributed by atoms with Crippen LogP contribution in [0.15, 0.2) is 48.5 Å². The number of hydrogen-bond donors (Lipinski definition) is 1. The van der Waals surface area contributed by atoms with Crippen LogP contribution in [-0.4, -0.2) is 55.4 Å². The number of piperazine rings is 1. The van der Waals surface area contributed by atoms with Gasteiger partial charge in [0, 0.05) is 38.4 Å². The molecule has 1 fully saturated rings. The first-order valence-corrected chi connectivity index (χ1v) is 9.01. The summed E-state index contributed by atoms with van der Waals surface area (Å²) in [5.74, 6) is 0.823. The molecule has 0 radical (unpaired) electrons. The van der Waals surface area contributed by atoms with Crippen LogP contribution in [-0.2, 0) is 0 Å². The first kappa shape index (κ1) is 17.8. The lowest BCUT2D eigenvalue weighted by Crippen LogP contribution is -2.49. The minimum absolute atomic E-state index is 0.335. The smallest absolute Gasteiger partial charge is 0.119 e. The number of ether oxygens (including phenoxy) is 1. The van der Waals surface area contributed by atoms with Crippen molar-refractivity contribution in [3.63, 3.8) is 0 Å². The lowest BCUT2D eigenvalue weighted by molar-refractivity contribution is 0.0663. The predicted molar refractivity (Wildman–Crippen MR) is 103 cm³/mol. The molecule has 0 saturated carbocycles. The first-order chi connectivity index (χ1) is 12.1. The Labute approximate surface area is 150 Å². The van der Waals surface area contributed by atoms with Crippen molar-refractivity contribution in [3.8, 4) is 5.75 Å². The fourth-order valence-corrected chi connectivity index (χ4v) is 3.26. The molecule has 1 atom stereocenters. The van der Waals surface area contributed by atoms with Gasteiger partial charge in [0.15, 0.2) is 0 Å². The van der Waals surface area contributed by atoms with Crippen molar-refractivity contribution in [2.75, 3.05) is 44.2 Å². The Kier molecular flexibility index (Phi) is 5.95. The number of aliphatic hydroxyl groups is 1. The Morgan fingerprint density at radius 2 is 1.64 bits per heavy atom. The molecule has 0 amide bonds. The molecule has 4 nitrogen and oxygen atoms in total. The topological polar surface area (TPSA) is 35.9 Å². The fraction of sp³-hybridized carbons (Fsp3) is 0.429. The molecule has 0 aliphatic carbocycles. The van der Waals surface area contributed by atoms with E-state index in [0.29, 0.717) is 13.2 Å². The maximum absolute atomic E-state index is 10.3. The van der Waals surface area contributed by atoms with E-state index in [1.165, 1.54) is 16.8 Å². The number of benzene rings is 2. The second-order valence-corrected chi connectivity index (χ2v) is 6.91. The quantitative estimate of drug-likeness (QED) is 0.877. The minimum Gasteiger partial charge on any atom is -0.491 e. The number of anilines is 1. The van der Waals surface area contributed by atoms with Crippen molar-refractivity contribution in [1.82, 2.24) is 4.90 Å². The molecule has 0 spiro atoms. The molecule has 1 N–H and O–H groups in total. The van der Waals surface area contributed by atoms with E-state index in [9.17, 15) is 5.11 Å². The standard InChI is InChI=1S/C21H28N2O2/c1-17-5-3-7-19(13-17)23-11-9-22(10-12-23)15-20(24)16-25-21-8-4-6-18(2)14-21/h3-8,13-14,20,24H,9-12,15-16H2,1-2H3. The maximum Gasteiger partial charge on any atom is 0.119 e. The fourth-order valence-electron chi connectivity index (χ4n) is 3.26. The van der Waals surface area contributed by atoms with Gasteiger partial charge in [-0.2, -0.15) is 0 Å². The number of aliphatic hydroxyl groups excluding tert-OH is 1. The van der Waals surface area contributed by atoms with Crippen LogP contribution in [0.4, 0.5) is 5.69 Å². The third-order valence-corrected chi connectivity index (χ3v) is 4.64. The van der Waals surface area contributed by atoms with Crippen LogP contribution in [0.5, 0.6) is 5.75 Å². The molecule has 2 aromatic carbocycles. The van der Waals surface area contributed by atoms with Gasteiger partial charge in [-0.3, -0.25) is 4.90 Å². The van der Waals surface area contributed by atoms with Crippen LogP contribution < -0.4 is 9.64 Å². The van der Waals surface area contributed by atoms with Crippen LogP contribution in [0.2, 0.25) is 0 Å². The summed E-state index contributed by atoms with van der Waals surface area (Å²) in [6.07, 6.45) is -0.467. The molecular formula is C21H28N2O2. The molecule has 0 bridgehead atoms. The van der Waals surface area contributed by atoms with Crippen molar-refractivity contribution in [2.24, 2.45) is 0 Å². The van der Waals surface area contributed by atoms with E-state index in [1.54, 1.807) is 0 Å². The van der Waals surface area contributed by atoms with Crippen LogP contribution in [0.25, 0.3) is 0 Å². The summed E-state index contributed by atoms with van der Waals surface area (Å²) in [5, 5.41) is 10.3. The van der Waals surface area contributed by atoms with E-state index in [-0.39, 0.29) is 0 Å². The van der Waals surface area contributed by atoms with Gasteiger partial charge in [-0.15, -0.1) is 0 Å². The summed E-state index contributed by atoms with van der Waals surface area (Å²) in [6.45, 7) is 9.09. The van der Waals surface area contributed by atoms with Gasteiger partial charge in [0.05, 0.1) is 0 Å². The average Bonchev–Trinajstić information content (AvgIpc) is 2.61. The Bertz CT molecular complexity index is 681. The Morgan fingerprint density at radius 3 is 2.32 bits per heavy atom. The van der Waals surface area contributed by atoms with E-state index >= 15 is 0 Å². The Morgan fingerprint density at radius 1 is 0.960 bits per heavy atom. The molecule has 3 rings (SSSR count). The monoisotopic (exact) mass is 340 g/mol. The summed E-state index contributed by atoms with van der Waals surface area (Å²) in [6, 6.07) is 16.6. The normalized spacial score (nSPS) is 16.7. The lowest BCUT2D eigenvalue weighted by atomic mass is 10.2. The molecular weight excluding hydrogens is 312 g/mol. The summed E-state index contributed by atoms with van der Waals surface area (Å²) < 4.78 is 5.71. The van der Waals surface area contributed by atoms with E-state index in [2.05, 4.69) is 41.0 Å². The highest BCUT2D eigenvalue weighted by atomic mass is 16.5. The lowest BCUT2D eigenvalue weighted by Gasteiger charge is -2.37. The van der Waals surface area contributed by atoms with Crippen molar-refractivity contribution in [1.29, 1.82) is 0 Å². The second kappa shape index (κ2) is 8.37. The molecule has 1 aliphatic rings. The van der Waals surface area contributed by atoms with Gasteiger partial charge in [-0.1, -0.05) is 24.3 Å². The molecule has 4 heteroatoms.